The molecule has 0 aliphatic carbocycles. The number of rotatable bonds is 8. The van der Waals surface area contributed by atoms with E-state index in [1.807, 2.05) is 35.2 Å². The number of hydrogen-bond acceptors (Lipinski definition) is 7. The Morgan fingerprint density at radius 2 is 1.86 bits per heavy atom. The zero-order valence-electron chi connectivity index (χ0n) is 17.5. The van der Waals surface area contributed by atoms with Gasteiger partial charge in [0.1, 0.15) is 11.6 Å². The van der Waals surface area contributed by atoms with Gasteiger partial charge < -0.3 is 24.8 Å². The normalized spacial score (nSPS) is 14.2. The van der Waals surface area contributed by atoms with Crippen LogP contribution in [0.5, 0.6) is 5.75 Å². The third-order valence-electron chi connectivity index (χ3n) is 4.96. The van der Waals surface area contributed by atoms with Gasteiger partial charge in [0.25, 0.3) is 5.91 Å². The van der Waals surface area contributed by atoms with Gasteiger partial charge >= 0.3 is 0 Å². The summed E-state index contributed by atoms with van der Waals surface area (Å²) in [5.74, 6) is 1.48. The first kappa shape index (κ1) is 20.9. The highest BCUT2D eigenvalue weighted by Crippen LogP contribution is 2.28. The van der Waals surface area contributed by atoms with Crippen molar-refractivity contribution in [3.63, 3.8) is 0 Å². The predicted molar refractivity (Wildman–Crippen MR) is 115 cm³/mol. The van der Waals surface area contributed by atoms with E-state index in [1.165, 1.54) is 0 Å². The van der Waals surface area contributed by atoms with Gasteiger partial charge in [0.15, 0.2) is 5.69 Å². The lowest BCUT2D eigenvalue weighted by Gasteiger charge is -2.36. The maximum absolute atomic E-state index is 12.8. The van der Waals surface area contributed by atoms with Crippen molar-refractivity contribution in [1.29, 1.82) is 0 Å². The van der Waals surface area contributed by atoms with Crippen molar-refractivity contribution in [3.05, 3.63) is 42.1 Å². The largest absolute Gasteiger partial charge is 0.495 e. The average molecular weight is 399 g/mol. The molecule has 0 saturated carbocycles. The average Bonchev–Trinajstić information content (AvgIpc) is 2.76. The molecule has 3 rings (SSSR count). The number of benzene rings is 1. The second-order valence-corrected chi connectivity index (χ2v) is 7.34. The molecule has 1 aromatic carbocycles. The second-order valence-electron chi connectivity index (χ2n) is 7.34. The Balaban J connectivity index is 1.51. The molecular weight excluding hydrogens is 368 g/mol. The molecule has 0 bridgehead atoms. The van der Waals surface area contributed by atoms with Crippen molar-refractivity contribution in [1.82, 2.24) is 20.0 Å². The molecule has 0 atom stereocenters. The third kappa shape index (κ3) is 5.57. The molecule has 1 aromatic heterocycles. The highest BCUT2D eigenvalue weighted by atomic mass is 16.5. The maximum atomic E-state index is 12.8. The number of carbonyl (C=O) groups is 1. The van der Waals surface area contributed by atoms with E-state index in [0.717, 1.165) is 44.0 Å². The van der Waals surface area contributed by atoms with Crippen LogP contribution in [-0.4, -0.2) is 86.4 Å². The number of para-hydroxylation sites is 2. The molecule has 1 fully saturated rings. The highest BCUT2D eigenvalue weighted by molar-refractivity contribution is 5.92. The Morgan fingerprint density at radius 1 is 1.10 bits per heavy atom. The number of nitrogens with zero attached hydrogens (tertiary/aromatic N) is 5. The fourth-order valence-corrected chi connectivity index (χ4v) is 3.36. The van der Waals surface area contributed by atoms with Crippen molar-refractivity contribution in [2.75, 3.05) is 70.7 Å². The summed E-state index contributed by atoms with van der Waals surface area (Å²) in [5.41, 5.74) is 1.45. The first-order valence-electron chi connectivity index (χ1n) is 9.98. The van der Waals surface area contributed by atoms with Crippen molar-refractivity contribution in [2.45, 2.75) is 6.42 Å². The molecule has 2 aromatic rings. The zero-order chi connectivity index (χ0) is 20.6. The van der Waals surface area contributed by atoms with Crippen molar-refractivity contribution >= 4 is 17.4 Å². The molecule has 1 N–H and O–H groups in total. The lowest BCUT2D eigenvalue weighted by Crippen LogP contribution is -2.49. The van der Waals surface area contributed by atoms with Crippen LogP contribution in [0.3, 0.4) is 0 Å². The van der Waals surface area contributed by atoms with Crippen LogP contribution in [0.2, 0.25) is 0 Å². The molecule has 8 nitrogen and oxygen atoms in total. The Bertz CT molecular complexity index is 788. The number of carbonyl (C=O) groups excluding carboxylic acids is 1. The molecule has 1 saturated heterocycles. The minimum absolute atomic E-state index is 0.0728. The van der Waals surface area contributed by atoms with Gasteiger partial charge in [-0.05, 0) is 51.3 Å². The number of anilines is 2. The first-order chi connectivity index (χ1) is 14.1. The van der Waals surface area contributed by atoms with Gasteiger partial charge in [0.05, 0.1) is 12.8 Å². The van der Waals surface area contributed by atoms with E-state index in [2.05, 4.69) is 39.4 Å². The quantitative estimate of drug-likeness (QED) is 0.680. The van der Waals surface area contributed by atoms with E-state index in [-0.39, 0.29) is 5.91 Å². The molecule has 1 aliphatic heterocycles. The summed E-state index contributed by atoms with van der Waals surface area (Å²) in [5, 5.41) is 11.5. The van der Waals surface area contributed by atoms with Crippen LogP contribution in [-0.2, 0) is 0 Å². The molecular formula is C21H30N6O2. The summed E-state index contributed by atoms with van der Waals surface area (Å²) in [6.45, 7) is 4.63. The van der Waals surface area contributed by atoms with Crippen molar-refractivity contribution in [2.24, 2.45) is 0 Å². The molecule has 0 radical (unpaired) electrons. The molecule has 29 heavy (non-hydrogen) atoms. The van der Waals surface area contributed by atoms with E-state index < -0.39 is 0 Å². The predicted octanol–water partition coefficient (Wildman–Crippen LogP) is 1.81. The number of hydrogen-bond donors (Lipinski definition) is 1. The Morgan fingerprint density at radius 3 is 2.52 bits per heavy atom. The Labute approximate surface area is 172 Å². The smallest absolute Gasteiger partial charge is 0.274 e. The van der Waals surface area contributed by atoms with E-state index >= 15 is 0 Å². The van der Waals surface area contributed by atoms with Crippen molar-refractivity contribution < 1.29 is 9.53 Å². The number of aromatic nitrogens is 2. The SMILES string of the molecule is COc1ccccc1N1CCN(C(=O)c2ccc(NCCCN(C)C)nn2)CC1. The topological polar surface area (TPSA) is 73.8 Å². The summed E-state index contributed by atoms with van der Waals surface area (Å²) < 4.78 is 5.45. The fraction of sp³-hybridized carbons (Fsp3) is 0.476. The van der Waals surface area contributed by atoms with Gasteiger partial charge in [-0.2, -0.15) is 0 Å². The van der Waals surface area contributed by atoms with E-state index in [4.69, 9.17) is 4.74 Å². The molecule has 156 valence electrons. The molecule has 1 aliphatic rings. The highest BCUT2D eigenvalue weighted by Gasteiger charge is 2.24. The fourth-order valence-electron chi connectivity index (χ4n) is 3.36. The van der Waals surface area contributed by atoms with Crippen LogP contribution in [0, 0.1) is 0 Å². The van der Waals surface area contributed by atoms with Gasteiger partial charge in [0.2, 0.25) is 0 Å². The van der Waals surface area contributed by atoms with Crippen LogP contribution in [0.25, 0.3) is 0 Å². The first-order valence-corrected chi connectivity index (χ1v) is 9.98. The van der Waals surface area contributed by atoms with E-state index in [1.54, 1.807) is 13.2 Å². The minimum atomic E-state index is -0.0728. The van der Waals surface area contributed by atoms with Crippen LogP contribution in [0.4, 0.5) is 11.5 Å². The number of piperazine rings is 1. The van der Waals surface area contributed by atoms with Gasteiger partial charge in [-0.15, -0.1) is 10.2 Å². The monoisotopic (exact) mass is 398 g/mol. The standard InChI is InChI=1S/C21H30N6O2/c1-25(2)12-6-11-22-20-10-9-17(23-24-20)21(28)27-15-13-26(14-16-27)18-7-4-5-8-19(18)29-3/h4-5,7-10H,6,11-16H2,1-3H3,(H,22,24). The Kier molecular flexibility index (Phi) is 7.24. The van der Waals surface area contributed by atoms with Crippen LogP contribution >= 0.6 is 0 Å². The van der Waals surface area contributed by atoms with Crippen LogP contribution in [0.1, 0.15) is 16.9 Å². The van der Waals surface area contributed by atoms with Gasteiger partial charge in [-0.25, -0.2) is 0 Å². The van der Waals surface area contributed by atoms with Crippen LogP contribution in [0.15, 0.2) is 36.4 Å². The molecule has 1 amide bonds. The second kappa shape index (κ2) is 10.1. The summed E-state index contributed by atoms with van der Waals surface area (Å²) in [4.78, 5) is 19.0. The van der Waals surface area contributed by atoms with Gasteiger partial charge in [-0.3, -0.25) is 4.79 Å². The summed E-state index contributed by atoms with van der Waals surface area (Å²) in [7, 11) is 5.78. The third-order valence-corrected chi connectivity index (χ3v) is 4.96. The van der Waals surface area contributed by atoms with Crippen molar-refractivity contribution in [3.8, 4) is 5.75 Å². The summed E-state index contributed by atoms with van der Waals surface area (Å²) >= 11 is 0. The van der Waals surface area contributed by atoms with Crippen LogP contribution < -0.4 is 15.0 Å². The lowest BCUT2D eigenvalue weighted by atomic mass is 10.2. The number of amides is 1. The Hall–Kier alpha value is -2.87. The lowest BCUT2D eigenvalue weighted by molar-refractivity contribution is 0.0739. The summed E-state index contributed by atoms with van der Waals surface area (Å²) in [6, 6.07) is 11.5. The molecule has 8 heteroatoms. The molecule has 2 heterocycles. The maximum Gasteiger partial charge on any atom is 0.274 e. The van der Waals surface area contributed by atoms with E-state index in [0.29, 0.717) is 24.6 Å². The van der Waals surface area contributed by atoms with Gasteiger partial charge in [-0.1, -0.05) is 12.1 Å². The number of ether oxygens (including phenoxy) is 1. The number of nitrogens with one attached hydrogen (secondary N) is 1. The molecule has 0 unspecified atom stereocenters. The molecule has 0 spiro atoms. The summed E-state index contributed by atoms with van der Waals surface area (Å²) in [6.07, 6.45) is 1.02. The minimum Gasteiger partial charge on any atom is -0.495 e. The van der Waals surface area contributed by atoms with E-state index in [9.17, 15) is 4.79 Å². The zero-order valence-corrected chi connectivity index (χ0v) is 17.5. The van der Waals surface area contributed by atoms with Gasteiger partial charge in [0, 0.05) is 32.7 Å². The number of methoxy groups -OCH3 is 1.